The first-order valence-electron chi connectivity index (χ1n) is 5.10. The monoisotopic (exact) mass is 367 g/mol. The quantitative estimate of drug-likeness (QED) is 0.800. The molecular formula is C11H15Br2NOS. The number of carbonyl (C=O) groups excluding carboxylic acids is 1. The van der Waals surface area contributed by atoms with Crippen LogP contribution in [0, 0.1) is 12.8 Å². The van der Waals surface area contributed by atoms with E-state index in [0.717, 1.165) is 14.2 Å². The van der Waals surface area contributed by atoms with Gasteiger partial charge in [0.2, 0.25) is 0 Å². The summed E-state index contributed by atoms with van der Waals surface area (Å²) in [5, 5.41) is 2.92. The molecule has 16 heavy (non-hydrogen) atoms. The number of carbonyl (C=O) groups is 1. The molecule has 0 spiro atoms. The molecule has 90 valence electrons. The van der Waals surface area contributed by atoms with Crippen LogP contribution in [0.2, 0.25) is 0 Å². The van der Waals surface area contributed by atoms with Gasteiger partial charge in [0.15, 0.2) is 0 Å². The predicted molar refractivity (Wildman–Crippen MR) is 76.6 cm³/mol. The molecule has 0 aliphatic carbocycles. The van der Waals surface area contributed by atoms with Crippen molar-refractivity contribution in [3.63, 3.8) is 0 Å². The van der Waals surface area contributed by atoms with Gasteiger partial charge in [0.1, 0.15) is 0 Å². The smallest absolute Gasteiger partial charge is 0.261 e. The Morgan fingerprint density at radius 3 is 2.62 bits per heavy atom. The lowest BCUT2D eigenvalue weighted by atomic mass is 10.1. The van der Waals surface area contributed by atoms with E-state index in [0.29, 0.717) is 17.3 Å². The number of amides is 1. The van der Waals surface area contributed by atoms with E-state index in [-0.39, 0.29) is 5.91 Å². The number of hydrogen-bond donors (Lipinski definition) is 1. The number of alkyl halides is 1. The van der Waals surface area contributed by atoms with Crippen molar-refractivity contribution in [2.75, 3.05) is 6.54 Å². The second-order valence-corrected chi connectivity index (χ2v) is 7.58. The Hall–Kier alpha value is 0.130. The minimum Gasteiger partial charge on any atom is -0.350 e. The minimum atomic E-state index is 0.00361. The van der Waals surface area contributed by atoms with E-state index < -0.39 is 0 Å². The van der Waals surface area contributed by atoms with Crippen LogP contribution in [-0.4, -0.2) is 17.3 Å². The fraction of sp³-hybridized carbons (Fsp3) is 0.545. The topological polar surface area (TPSA) is 29.1 Å². The summed E-state index contributed by atoms with van der Waals surface area (Å²) >= 11 is 8.43. The van der Waals surface area contributed by atoms with Crippen molar-refractivity contribution in [2.45, 2.75) is 25.6 Å². The summed E-state index contributed by atoms with van der Waals surface area (Å²) in [5.41, 5.74) is 1.11. The van der Waals surface area contributed by atoms with Crippen LogP contribution in [0.1, 0.15) is 29.1 Å². The van der Waals surface area contributed by atoms with Gasteiger partial charge in [-0.25, -0.2) is 0 Å². The number of hydrogen-bond acceptors (Lipinski definition) is 2. The third-order valence-corrected chi connectivity index (χ3v) is 5.78. The normalized spacial score (nSPS) is 12.9. The van der Waals surface area contributed by atoms with Crippen molar-refractivity contribution in [2.24, 2.45) is 5.92 Å². The summed E-state index contributed by atoms with van der Waals surface area (Å²) in [7, 11) is 0. The molecule has 0 aromatic carbocycles. The van der Waals surface area contributed by atoms with Crippen LogP contribution < -0.4 is 5.32 Å². The van der Waals surface area contributed by atoms with E-state index in [9.17, 15) is 4.79 Å². The van der Waals surface area contributed by atoms with E-state index in [1.54, 1.807) is 0 Å². The van der Waals surface area contributed by atoms with Crippen LogP contribution in [0.5, 0.6) is 0 Å². The van der Waals surface area contributed by atoms with Gasteiger partial charge in [-0.1, -0.05) is 29.8 Å². The van der Waals surface area contributed by atoms with E-state index in [2.05, 4.69) is 51.0 Å². The summed E-state index contributed by atoms with van der Waals surface area (Å²) in [6.45, 7) is 6.89. The molecule has 2 nitrogen and oxygen atoms in total. The Labute approximate surface area is 117 Å². The van der Waals surface area contributed by atoms with Crippen LogP contribution in [0.4, 0.5) is 0 Å². The molecule has 1 amide bonds. The van der Waals surface area contributed by atoms with Crippen LogP contribution >= 0.6 is 43.2 Å². The molecular weight excluding hydrogens is 354 g/mol. The van der Waals surface area contributed by atoms with Crippen molar-refractivity contribution in [3.05, 3.63) is 20.3 Å². The lowest BCUT2D eigenvalue weighted by Crippen LogP contribution is -2.31. The average Bonchev–Trinajstić information content (AvgIpc) is 2.55. The zero-order chi connectivity index (χ0) is 12.3. The molecule has 1 N–H and O–H groups in total. The van der Waals surface area contributed by atoms with E-state index in [1.807, 2.05) is 13.0 Å². The zero-order valence-corrected chi connectivity index (χ0v) is 13.5. The molecule has 0 saturated heterocycles. The number of rotatable bonds is 4. The summed E-state index contributed by atoms with van der Waals surface area (Å²) in [6.07, 6.45) is 0. The Kier molecular flexibility index (Phi) is 5.47. The van der Waals surface area contributed by atoms with Crippen molar-refractivity contribution in [1.29, 1.82) is 0 Å². The molecule has 1 heterocycles. The van der Waals surface area contributed by atoms with Crippen LogP contribution in [0.15, 0.2) is 9.85 Å². The van der Waals surface area contributed by atoms with Gasteiger partial charge < -0.3 is 5.32 Å². The van der Waals surface area contributed by atoms with Crippen molar-refractivity contribution < 1.29 is 4.79 Å². The first-order chi connectivity index (χ1) is 7.41. The van der Waals surface area contributed by atoms with Crippen molar-refractivity contribution in [3.8, 4) is 0 Å². The first-order valence-corrected chi connectivity index (χ1v) is 7.62. The third-order valence-electron chi connectivity index (χ3n) is 2.26. The Morgan fingerprint density at radius 1 is 1.56 bits per heavy atom. The van der Waals surface area contributed by atoms with Gasteiger partial charge in [-0.3, -0.25) is 4.79 Å². The third kappa shape index (κ3) is 3.86. The lowest BCUT2D eigenvalue weighted by Gasteiger charge is -2.13. The summed E-state index contributed by atoms with van der Waals surface area (Å²) < 4.78 is 1.02. The van der Waals surface area contributed by atoms with Gasteiger partial charge in [-0.05, 0) is 40.4 Å². The zero-order valence-electron chi connectivity index (χ0n) is 9.51. The van der Waals surface area contributed by atoms with E-state index in [1.165, 1.54) is 11.3 Å². The van der Waals surface area contributed by atoms with Crippen LogP contribution in [0.3, 0.4) is 0 Å². The highest BCUT2D eigenvalue weighted by Gasteiger charge is 2.14. The van der Waals surface area contributed by atoms with Crippen molar-refractivity contribution >= 4 is 49.1 Å². The highest BCUT2D eigenvalue weighted by atomic mass is 79.9. The fourth-order valence-electron chi connectivity index (χ4n) is 1.08. The maximum absolute atomic E-state index is 11.8. The molecule has 1 unspecified atom stereocenters. The maximum atomic E-state index is 11.8. The standard InChI is InChI=1S/C11H15Br2NOS/c1-6(2)8(12)5-14-11(15)9-4-7(3)10(13)16-9/h4,6,8H,5H2,1-3H3,(H,14,15). The summed E-state index contributed by atoms with van der Waals surface area (Å²) in [4.78, 5) is 12.9. The van der Waals surface area contributed by atoms with Crippen molar-refractivity contribution in [1.82, 2.24) is 5.32 Å². The van der Waals surface area contributed by atoms with Crippen LogP contribution in [-0.2, 0) is 0 Å². The Bertz CT molecular complexity index is 357. The second-order valence-electron chi connectivity index (χ2n) is 4.04. The Morgan fingerprint density at radius 2 is 2.19 bits per heavy atom. The molecule has 1 aromatic heterocycles. The van der Waals surface area contributed by atoms with Gasteiger partial charge in [-0.15, -0.1) is 11.3 Å². The number of thiophene rings is 1. The largest absolute Gasteiger partial charge is 0.350 e. The van der Waals surface area contributed by atoms with Gasteiger partial charge >= 0.3 is 0 Å². The Balaban J connectivity index is 2.53. The predicted octanol–water partition coefficient (Wildman–Crippen LogP) is 3.97. The molecule has 5 heteroatoms. The average molecular weight is 369 g/mol. The molecule has 0 saturated carbocycles. The molecule has 1 rings (SSSR count). The molecule has 0 fully saturated rings. The molecule has 0 aliphatic rings. The van der Waals surface area contributed by atoms with Gasteiger partial charge in [0.05, 0.1) is 8.66 Å². The van der Waals surface area contributed by atoms with Gasteiger partial charge in [-0.2, -0.15) is 0 Å². The fourth-order valence-corrected chi connectivity index (χ4v) is 2.70. The summed E-state index contributed by atoms with van der Waals surface area (Å²) in [6, 6.07) is 1.91. The highest BCUT2D eigenvalue weighted by molar-refractivity contribution is 9.11. The molecule has 1 aromatic rings. The van der Waals surface area contributed by atoms with Gasteiger partial charge in [0.25, 0.3) is 5.91 Å². The second kappa shape index (κ2) is 6.17. The molecule has 0 bridgehead atoms. The van der Waals surface area contributed by atoms with E-state index in [4.69, 9.17) is 0 Å². The SMILES string of the molecule is Cc1cc(C(=O)NCC(Br)C(C)C)sc1Br. The lowest BCUT2D eigenvalue weighted by molar-refractivity contribution is 0.0957. The minimum absolute atomic E-state index is 0.00361. The molecule has 0 radical (unpaired) electrons. The first kappa shape index (κ1) is 14.2. The molecule has 1 atom stereocenters. The number of nitrogens with one attached hydrogen (secondary N) is 1. The number of halogens is 2. The van der Waals surface area contributed by atoms with Gasteiger partial charge in [0, 0.05) is 11.4 Å². The number of aryl methyl sites for hydroxylation is 1. The molecule has 0 aliphatic heterocycles. The maximum Gasteiger partial charge on any atom is 0.261 e. The summed E-state index contributed by atoms with van der Waals surface area (Å²) in [5.74, 6) is 0.515. The van der Waals surface area contributed by atoms with Crippen LogP contribution in [0.25, 0.3) is 0 Å². The van der Waals surface area contributed by atoms with E-state index >= 15 is 0 Å². The highest BCUT2D eigenvalue weighted by Crippen LogP contribution is 2.27.